The molecule has 6 heteroatoms. The SMILES string of the molecule is COc1ccc([C@@H](C)NC(=O)C(N)c2cnn(C)c2)cc1. The quantitative estimate of drug-likeness (QED) is 0.869. The summed E-state index contributed by atoms with van der Waals surface area (Å²) in [6.45, 7) is 1.91. The fourth-order valence-corrected chi connectivity index (χ4v) is 2.03. The Kier molecular flexibility index (Phi) is 4.59. The predicted molar refractivity (Wildman–Crippen MR) is 79.7 cm³/mol. The molecule has 0 spiro atoms. The first-order valence-corrected chi connectivity index (χ1v) is 6.69. The van der Waals surface area contributed by atoms with E-state index in [0.717, 1.165) is 11.3 Å². The molecule has 0 saturated heterocycles. The number of carbonyl (C=O) groups excluding carboxylic acids is 1. The molecule has 1 aromatic heterocycles. The van der Waals surface area contributed by atoms with Gasteiger partial charge in [-0.15, -0.1) is 0 Å². The molecule has 21 heavy (non-hydrogen) atoms. The Morgan fingerprint density at radius 1 is 1.33 bits per heavy atom. The number of hydrogen-bond acceptors (Lipinski definition) is 4. The van der Waals surface area contributed by atoms with E-state index in [0.29, 0.717) is 5.56 Å². The number of nitrogens with one attached hydrogen (secondary N) is 1. The van der Waals surface area contributed by atoms with Crippen LogP contribution in [0.3, 0.4) is 0 Å². The maximum absolute atomic E-state index is 12.2. The number of aryl methyl sites for hydroxylation is 1. The van der Waals surface area contributed by atoms with Gasteiger partial charge in [-0.3, -0.25) is 9.48 Å². The number of hydrogen-bond donors (Lipinski definition) is 2. The number of carbonyl (C=O) groups is 1. The number of nitrogens with two attached hydrogens (primary N) is 1. The number of nitrogens with zero attached hydrogens (tertiary/aromatic N) is 2. The van der Waals surface area contributed by atoms with Crippen molar-refractivity contribution in [2.75, 3.05) is 7.11 Å². The van der Waals surface area contributed by atoms with Gasteiger partial charge in [0.15, 0.2) is 0 Å². The van der Waals surface area contributed by atoms with Crippen molar-refractivity contribution >= 4 is 5.91 Å². The lowest BCUT2D eigenvalue weighted by Gasteiger charge is -2.17. The number of methoxy groups -OCH3 is 1. The highest BCUT2D eigenvalue weighted by Crippen LogP contribution is 2.18. The van der Waals surface area contributed by atoms with Crippen LogP contribution in [0.4, 0.5) is 0 Å². The average molecular weight is 288 g/mol. The van der Waals surface area contributed by atoms with Crippen LogP contribution in [-0.2, 0) is 11.8 Å². The van der Waals surface area contributed by atoms with E-state index < -0.39 is 6.04 Å². The molecule has 1 heterocycles. The lowest BCUT2D eigenvalue weighted by molar-refractivity contribution is -0.123. The molecule has 2 atom stereocenters. The Balaban J connectivity index is 2.00. The maximum atomic E-state index is 12.2. The maximum Gasteiger partial charge on any atom is 0.242 e. The topological polar surface area (TPSA) is 82.2 Å². The molecular formula is C15H20N4O2. The first kappa shape index (κ1) is 15.1. The Hall–Kier alpha value is -2.34. The number of ether oxygens (including phenoxy) is 1. The van der Waals surface area contributed by atoms with E-state index in [9.17, 15) is 4.79 Å². The molecule has 0 bridgehead atoms. The van der Waals surface area contributed by atoms with Crippen LogP contribution in [0.15, 0.2) is 36.7 Å². The molecule has 6 nitrogen and oxygen atoms in total. The Bertz CT molecular complexity index is 606. The molecule has 0 saturated carbocycles. The smallest absolute Gasteiger partial charge is 0.242 e. The van der Waals surface area contributed by atoms with Gasteiger partial charge >= 0.3 is 0 Å². The lowest BCUT2D eigenvalue weighted by atomic mass is 10.1. The van der Waals surface area contributed by atoms with Crippen LogP contribution in [0.25, 0.3) is 0 Å². The highest BCUT2D eigenvalue weighted by molar-refractivity contribution is 5.83. The molecular weight excluding hydrogens is 268 g/mol. The highest BCUT2D eigenvalue weighted by Gasteiger charge is 2.19. The molecule has 1 aromatic carbocycles. The number of aromatic nitrogens is 2. The first-order valence-electron chi connectivity index (χ1n) is 6.69. The van der Waals surface area contributed by atoms with Gasteiger partial charge in [-0.1, -0.05) is 12.1 Å². The fourth-order valence-electron chi connectivity index (χ4n) is 2.03. The second kappa shape index (κ2) is 6.41. The normalized spacial score (nSPS) is 13.5. The predicted octanol–water partition coefficient (Wildman–Crippen LogP) is 1.31. The summed E-state index contributed by atoms with van der Waals surface area (Å²) in [5, 5.41) is 6.92. The summed E-state index contributed by atoms with van der Waals surface area (Å²) in [4.78, 5) is 12.2. The summed E-state index contributed by atoms with van der Waals surface area (Å²) in [5.41, 5.74) is 7.62. The van der Waals surface area contributed by atoms with E-state index in [1.807, 2.05) is 31.2 Å². The van der Waals surface area contributed by atoms with Crippen molar-refractivity contribution in [2.24, 2.45) is 12.8 Å². The van der Waals surface area contributed by atoms with E-state index in [1.54, 1.807) is 31.2 Å². The van der Waals surface area contributed by atoms with E-state index in [-0.39, 0.29) is 11.9 Å². The van der Waals surface area contributed by atoms with Gasteiger partial charge in [0.1, 0.15) is 11.8 Å². The third kappa shape index (κ3) is 3.61. The number of benzene rings is 1. The molecule has 0 aliphatic heterocycles. The highest BCUT2D eigenvalue weighted by atomic mass is 16.5. The monoisotopic (exact) mass is 288 g/mol. The summed E-state index contributed by atoms with van der Waals surface area (Å²) in [7, 11) is 3.40. The Morgan fingerprint density at radius 2 is 2.00 bits per heavy atom. The van der Waals surface area contributed by atoms with Gasteiger partial charge in [-0.2, -0.15) is 5.10 Å². The first-order chi connectivity index (χ1) is 10.0. The van der Waals surface area contributed by atoms with Gasteiger partial charge in [0, 0.05) is 18.8 Å². The van der Waals surface area contributed by atoms with E-state index >= 15 is 0 Å². The molecule has 0 radical (unpaired) electrons. The Labute approximate surface area is 123 Å². The zero-order valence-corrected chi connectivity index (χ0v) is 12.4. The fraction of sp³-hybridized carbons (Fsp3) is 0.333. The minimum absolute atomic E-state index is 0.133. The summed E-state index contributed by atoms with van der Waals surface area (Å²) in [5.74, 6) is 0.552. The summed E-state index contributed by atoms with van der Waals surface area (Å²) in [6, 6.07) is 6.70. The minimum atomic E-state index is -0.723. The molecule has 3 N–H and O–H groups in total. The van der Waals surface area contributed by atoms with Crippen LogP contribution < -0.4 is 15.8 Å². The number of amides is 1. The minimum Gasteiger partial charge on any atom is -0.497 e. The average Bonchev–Trinajstić information content (AvgIpc) is 2.93. The molecule has 0 fully saturated rings. The third-order valence-electron chi connectivity index (χ3n) is 3.34. The number of rotatable bonds is 5. The van der Waals surface area contributed by atoms with Gasteiger partial charge in [-0.05, 0) is 24.6 Å². The van der Waals surface area contributed by atoms with Crippen molar-refractivity contribution in [3.8, 4) is 5.75 Å². The van der Waals surface area contributed by atoms with E-state index in [4.69, 9.17) is 10.5 Å². The summed E-state index contributed by atoms with van der Waals surface area (Å²) < 4.78 is 6.73. The van der Waals surface area contributed by atoms with Crippen LogP contribution in [0.5, 0.6) is 5.75 Å². The van der Waals surface area contributed by atoms with Gasteiger partial charge in [-0.25, -0.2) is 0 Å². The second-order valence-corrected chi connectivity index (χ2v) is 4.93. The second-order valence-electron chi connectivity index (χ2n) is 4.93. The van der Waals surface area contributed by atoms with Crippen molar-refractivity contribution in [3.05, 3.63) is 47.8 Å². The van der Waals surface area contributed by atoms with Crippen molar-refractivity contribution in [1.29, 1.82) is 0 Å². The third-order valence-corrected chi connectivity index (χ3v) is 3.34. The van der Waals surface area contributed by atoms with Crippen molar-refractivity contribution in [1.82, 2.24) is 15.1 Å². The van der Waals surface area contributed by atoms with E-state index in [1.165, 1.54) is 0 Å². The van der Waals surface area contributed by atoms with E-state index in [2.05, 4.69) is 10.4 Å². The zero-order chi connectivity index (χ0) is 15.4. The van der Waals surface area contributed by atoms with Crippen LogP contribution in [0.2, 0.25) is 0 Å². The van der Waals surface area contributed by atoms with Crippen molar-refractivity contribution in [3.63, 3.8) is 0 Å². The van der Waals surface area contributed by atoms with Crippen LogP contribution in [0, 0.1) is 0 Å². The largest absolute Gasteiger partial charge is 0.497 e. The molecule has 1 amide bonds. The van der Waals surface area contributed by atoms with Crippen molar-refractivity contribution < 1.29 is 9.53 Å². The molecule has 1 unspecified atom stereocenters. The lowest BCUT2D eigenvalue weighted by Crippen LogP contribution is -2.35. The Morgan fingerprint density at radius 3 is 2.52 bits per heavy atom. The zero-order valence-electron chi connectivity index (χ0n) is 12.4. The molecule has 112 valence electrons. The van der Waals surface area contributed by atoms with Gasteiger partial charge in [0.2, 0.25) is 5.91 Å². The van der Waals surface area contributed by atoms with Crippen molar-refractivity contribution in [2.45, 2.75) is 19.0 Å². The molecule has 0 aliphatic carbocycles. The summed E-state index contributed by atoms with van der Waals surface area (Å²) >= 11 is 0. The van der Waals surface area contributed by atoms with Gasteiger partial charge < -0.3 is 15.8 Å². The van der Waals surface area contributed by atoms with Crippen LogP contribution >= 0.6 is 0 Å². The van der Waals surface area contributed by atoms with Gasteiger partial charge in [0.25, 0.3) is 0 Å². The molecule has 2 rings (SSSR count). The molecule has 0 aliphatic rings. The van der Waals surface area contributed by atoms with Gasteiger partial charge in [0.05, 0.1) is 19.3 Å². The molecule has 2 aromatic rings. The van der Waals surface area contributed by atoms with Crippen LogP contribution in [-0.4, -0.2) is 22.8 Å². The standard InChI is InChI=1S/C15H20N4O2/c1-10(11-4-6-13(21-3)7-5-11)18-15(20)14(16)12-8-17-19(2)9-12/h4-10,14H,16H2,1-3H3,(H,18,20)/t10-,14?/m1/s1. The summed E-state index contributed by atoms with van der Waals surface area (Å²) in [6.07, 6.45) is 3.34. The van der Waals surface area contributed by atoms with Crippen LogP contribution in [0.1, 0.15) is 30.1 Å².